The average molecular weight is 483 g/mol. The van der Waals surface area contributed by atoms with Crippen molar-refractivity contribution in [3.63, 3.8) is 0 Å². The lowest BCUT2D eigenvalue weighted by atomic mass is 9.84. The number of amides is 2. The molecule has 2 aliphatic rings. The predicted octanol–water partition coefficient (Wildman–Crippen LogP) is 5.17. The highest BCUT2D eigenvalue weighted by atomic mass is 32.1. The van der Waals surface area contributed by atoms with E-state index in [4.69, 9.17) is 0 Å². The molecule has 1 aliphatic heterocycles. The van der Waals surface area contributed by atoms with Gasteiger partial charge in [-0.05, 0) is 68.1 Å². The largest absolute Gasteiger partial charge is 0.409 e. The van der Waals surface area contributed by atoms with E-state index in [9.17, 15) is 18.0 Å². The summed E-state index contributed by atoms with van der Waals surface area (Å²) in [6.45, 7) is 1.73. The standard InChI is InChI=1S/C24H33F3N4OS/c1-29(2)23(32)28-18-8-6-17(7-9-18)10-12-30-13-14-31(22(16-30)24(25,26)27)20-4-3-5-21-19(20)11-15-33-21/h3-5,11,15,17-18,22H,6-10,12-14,16H2,1-2H3,(H,28,32)/t17-,18-,22-/m0/s1. The molecule has 5 nitrogen and oxygen atoms in total. The molecule has 2 fully saturated rings. The monoisotopic (exact) mass is 482 g/mol. The Balaban J connectivity index is 1.32. The maximum atomic E-state index is 14.1. The summed E-state index contributed by atoms with van der Waals surface area (Å²) in [6, 6.07) is 6.20. The lowest BCUT2D eigenvalue weighted by molar-refractivity contribution is -0.156. The summed E-state index contributed by atoms with van der Waals surface area (Å²) < 4.78 is 43.2. The summed E-state index contributed by atoms with van der Waals surface area (Å²) >= 11 is 1.56. The first kappa shape index (κ1) is 24.1. The fourth-order valence-corrected chi connectivity index (χ4v) is 5.91. The number of nitrogens with zero attached hydrogens (tertiary/aromatic N) is 3. The van der Waals surface area contributed by atoms with Gasteiger partial charge in [-0.1, -0.05) is 6.07 Å². The number of hydrogen-bond acceptors (Lipinski definition) is 4. The molecule has 4 rings (SSSR count). The van der Waals surface area contributed by atoms with Crippen molar-refractivity contribution in [2.45, 2.75) is 50.4 Å². The lowest BCUT2D eigenvalue weighted by Crippen LogP contribution is -2.59. The van der Waals surface area contributed by atoms with Crippen LogP contribution in [-0.4, -0.2) is 74.4 Å². The zero-order valence-corrected chi connectivity index (χ0v) is 20.1. The number of nitrogens with one attached hydrogen (secondary N) is 1. The normalized spacial score (nSPS) is 24.8. The number of piperazine rings is 1. The van der Waals surface area contributed by atoms with Crippen molar-refractivity contribution in [1.82, 2.24) is 15.1 Å². The van der Waals surface area contributed by atoms with Gasteiger partial charge >= 0.3 is 12.2 Å². The minimum Gasteiger partial charge on any atom is -0.357 e. The van der Waals surface area contributed by atoms with Crippen LogP contribution in [0.1, 0.15) is 32.1 Å². The van der Waals surface area contributed by atoms with E-state index < -0.39 is 12.2 Å². The van der Waals surface area contributed by atoms with E-state index in [-0.39, 0.29) is 18.6 Å². The Kier molecular flexibility index (Phi) is 7.38. The molecule has 2 amide bonds. The van der Waals surface area contributed by atoms with Gasteiger partial charge in [-0.25, -0.2) is 4.79 Å². The minimum atomic E-state index is -4.28. The molecule has 0 radical (unpaired) electrons. The van der Waals surface area contributed by atoms with E-state index in [0.717, 1.165) is 42.2 Å². The van der Waals surface area contributed by atoms with Crippen molar-refractivity contribution in [3.05, 3.63) is 29.6 Å². The second kappa shape index (κ2) is 10.1. The number of benzene rings is 1. The Hall–Kier alpha value is -2.00. The van der Waals surface area contributed by atoms with Crippen molar-refractivity contribution in [2.75, 3.05) is 45.2 Å². The highest BCUT2D eigenvalue weighted by molar-refractivity contribution is 7.17. The van der Waals surface area contributed by atoms with E-state index in [0.29, 0.717) is 31.2 Å². The first-order valence-electron chi connectivity index (χ1n) is 11.7. The van der Waals surface area contributed by atoms with Gasteiger partial charge in [0.15, 0.2) is 0 Å². The van der Waals surface area contributed by atoms with Crippen LogP contribution in [0.3, 0.4) is 0 Å². The maximum Gasteiger partial charge on any atom is 0.409 e. The highest BCUT2D eigenvalue weighted by Gasteiger charge is 2.46. The molecule has 1 aromatic carbocycles. The van der Waals surface area contributed by atoms with E-state index in [1.807, 2.05) is 34.5 Å². The number of rotatable bonds is 5. The van der Waals surface area contributed by atoms with Gasteiger partial charge in [-0.3, -0.25) is 4.90 Å². The van der Waals surface area contributed by atoms with Gasteiger partial charge in [-0.2, -0.15) is 13.2 Å². The Labute approximate surface area is 197 Å². The molecule has 1 saturated heterocycles. The van der Waals surface area contributed by atoms with Crippen molar-refractivity contribution in [1.29, 1.82) is 0 Å². The van der Waals surface area contributed by atoms with E-state index in [1.54, 1.807) is 35.2 Å². The third-order valence-electron chi connectivity index (χ3n) is 7.06. The van der Waals surface area contributed by atoms with Crippen LogP contribution >= 0.6 is 11.3 Å². The zero-order chi connectivity index (χ0) is 23.6. The number of anilines is 1. The number of fused-ring (bicyclic) bond motifs is 1. The van der Waals surface area contributed by atoms with Crippen LogP contribution in [0.4, 0.5) is 23.7 Å². The first-order chi connectivity index (χ1) is 15.7. The Morgan fingerprint density at radius 3 is 2.61 bits per heavy atom. The molecular formula is C24H33F3N4OS. The molecular weight excluding hydrogens is 449 g/mol. The summed E-state index contributed by atoms with van der Waals surface area (Å²) in [5, 5.41) is 5.89. The maximum absolute atomic E-state index is 14.1. The number of thiophene rings is 1. The molecule has 2 heterocycles. The second-order valence-electron chi connectivity index (χ2n) is 9.51. The minimum absolute atomic E-state index is 0.0122. The van der Waals surface area contributed by atoms with E-state index in [1.165, 1.54) is 0 Å². The Bertz CT molecular complexity index is 939. The summed E-state index contributed by atoms with van der Waals surface area (Å²) in [6.07, 6.45) is 0.544. The third kappa shape index (κ3) is 5.74. The molecule has 33 heavy (non-hydrogen) atoms. The number of urea groups is 1. The van der Waals surface area contributed by atoms with Crippen LogP contribution in [0.25, 0.3) is 10.1 Å². The quantitative estimate of drug-likeness (QED) is 0.639. The number of halogens is 3. The molecule has 9 heteroatoms. The second-order valence-corrected chi connectivity index (χ2v) is 10.5. The lowest BCUT2D eigenvalue weighted by Gasteiger charge is -2.44. The third-order valence-corrected chi connectivity index (χ3v) is 7.94. The van der Waals surface area contributed by atoms with Crippen LogP contribution in [0, 0.1) is 5.92 Å². The highest BCUT2D eigenvalue weighted by Crippen LogP contribution is 2.37. The predicted molar refractivity (Wildman–Crippen MR) is 128 cm³/mol. The van der Waals surface area contributed by atoms with Crippen LogP contribution < -0.4 is 10.2 Å². The molecule has 0 spiro atoms. The smallest absolute Gasteiger partial charge is 0.357 e. The summed E-state index contributed by atoms with van der Waals surface area (Å²) in [7, 11) is 3.46. The Morgan fingerprint density at radius 1 is 1.15 bits per heavy atom. The van der Waals surface area contributed by atoms with Gasteiger partial charge in [0.1, 0.15) is 6.04 Å². The van der Waals surface area contributed by atoms with Gasteiger partial charge in [0.05, 0.1) is 0 Å². The fraction of sp³-hybridized carbons (Fsp3) is 0.625. The van der Waals surface area contributed by atoms with Gasteiger partial charge in [0.2, 0.25) is 0 Å². The summed E-state index contributed by atoms with van der Waals surface area (Å²) in [4.78, 5) is 16.9. The first-order valence-corrected chi connectivity index (χ1v) is 12.6. The van der Waals surface area contributed by atoms with Crippen molar-refractivity contribution in [2.24, 2.45) is 5.92 Å². The van der Waals surface area contributed by atoms with Gasteiger partial charge in [-0.15, -0.1) is 11.3 Å². The van der Waals surface area contributed by atoms with Gasteiger partial charge < -0.3 is 15.1 Å². The molecule has 1 aromatic heterocycles. The number of hydrogen-bond donors (Lipinski definition) is 1. The van der Waals surface area contributed by atoms with Crippen LogP contribution in [0.5, 0.6) is 0 Å². The van der Waals surface area contributed by atoms with E-state index in [2.05, 4.69) is 5.32 Å². The van der Waals surface area contributed by atoms with Crippen molar-refractivity contribution in [3.8, 4) is 0 Å². The number of alkyl halides is 3. The van der Waals surface area contributed by atoms with Crippen LogP contribution in [0.15, 0.2) is 29.6 Å². The molecule has 2 aromatic rings. The molecule has 0 bridgehead atoms. The van der Waals surface area contributed by atoms with Crippen LogP contribution in [-0.2, 0) is 0 Å². The molecule has 1 aliphatic carbocycles. The molecule has 1 saturated carbocycles. The van der Waals surface area contributed by atoms with E-state index >= 15 is 0 Å². The fourth-order valence-electron chi connectivity index (χ4n) is 5.10. The molecule has 1 atom stereocenters. The Morgan fingerprint density at radius 2 is 1.91 bits per heavy atom. The molecule has 182 valence electrons. The molecule has 0 unspecified atom stereocenters. The number of carbonyl (C=O) groups is 1. The molecule has 1 N–H and O–H groups in total. The van der Waals surface area contributed by atoms with Gasteiger partial charge in [0.25, 0.3) is 0 Å². The SMILES string of the molecule is CN(C)C(=O)N[C@H]1CC[C@H](CCN2CCN(c3cccc4sccc34)[C@H](C(F)(F)F)C2)CC1. The summed E-state index contributed by atoms with van der Waals surface area (Å²) in [5.41, 5.74) is 0.689. The van der Waals surface area contributed by atoms with Crippen molar-refractivity contribution >= 4 is 33.1 Å². The van der Waals surface area contributed by atoms with Crippen LogP contribution in [0.2, 0.25) is 0 Å². The van der Waals surface area contributed by atoms with Gasteiger partial charge in [0, 0.05) is 55.5 Å². The topological polar surface area (TPSA) is 38.8 Å². The zero-order valence-electron chi connectivity index (χ0n) is 19.3. The summed E-state index contributed by atoms with van der Waals surface area (Å²) in [5.74, 6) is 0.513. The number of carbonyl (C=O) groups excluding carboxylic acids is 1. The van der Waals surface area contributed by atoms with Crippen molar-refractivity contribution < 1.29 is 18.0 Å². The average Bonchev–Trinajstić information content (AvgIpc) is 3.27.